The molecule has 6 heteroatoms. The van der Waals surface area contributed by atoms with Gasteiger partial charge in [0.05, 0.1) is 8.41 Å². The van der Waals surface area contributed by atoms with E-state index in [1.54, 1.807) is 0 Å². The fourth-order valence-electron chi connectivity index (χ4n) is 0. The fourth-order valence-corrected chi connectivity index (χ4v) is 0. The van der Waals surface area contributed by atoms with Crippen molar-refractivity contribution in [3.63, 3.8) is 0 Å². The zero-order chi connectivity index (χ0) is 0. The van der Waals surface area contributed by atoms with E-state index in [1.807, 2.05) is 0 Å². The largest absolute Gasteiger partial charge is 0.316 e. The second-order valence-electron chi connectivity index (χ2n) is 0. The van der Waals surface area contributed by atoms with Gasteiger partial charge in [0.15, 0.2) is 0 Å². The monoisotopic (exact) mass is 242 g/mol. The van der Waals surface area contributed by atoms with Crippen LogP contribution in [0.15, 0.2) is 0 Å². The van der Waals surface area contributed by atoms with E-state index >= 15 is 0 Å². The molecule has 0 atom stereocenters. The summed E-state index contributed by atoms with van der Waals surface area (Å²) in [6.45, 7) is 0. The van der Waals surface area contributed by atoms with E-state index in [1.165, 1.54) is 0 Å². The number of hydrogen-bond acceptors (Lipinski definition) is 0. The van der Waals surface area contributed by atoms with E-state index in [0.717, 1.165) is 0 Å². The minimum atomic E-state index is 0. The van der Waals surface area contributed by atoms with Gasteiger partial charge in [0.25, 0.3) is 0 Å². The molecule has 0 fully saturated rings. The first-order valence-corrected chi connectivity index (χ1v) is 0. The van der Waals surface area contributed by atoms with E-state index in [0.29, 0.717) is 0 Å². The molecule has 0 N–H and O–H groups in total. The molecular weight excluding hydrogens is 236 g/mol. The fraction of sp³-hybridized carbons (Fsp3) is 0. The normalized spacial score (nSPS) is 0. The van der Waals surface area contributed by atoms with Crippen LogP contribution in [0.1, 0.15) is 0 Å². The zero-order valence-corrected chi connectivity index (χ0v) is 5.13. The van der Waals surface area contributed by atoms with E-state index in [2.05, 4.69) is 0 Å². The van der Waals surface area contributed by atoms with Gasteiger partial charge in [-0.3, -0.25) is 0 Å². The van der Waals surface area contributed by atoms with Gasteiger partial charge in [-0.05, 0) is 0 Å². The van der Waals surface area contributed by atoms with Crippen molar-refractivity contribution < 1.29 is 36.5 Å². The molecular formula is H8BCaFeKMgZn. The standard InChI is InChI=1S/BH3.Ca.Fe.K.Mg.Zn.5H/h1H3;;;;;;;;;;. The third kappa shape index (κ3) is 23.2. The Kier molecular flexibility index (Phi) is 244. The summed E-state index contributed by atoms with van der Waals surface area (Å²) < 4.78 is 0. The van der Waals surface area contributed by atoms with Gasteiger partial charge in [-0.2, -0.15) is 0 Å². The van der Waals surface area contributed by atoms with Gasteiger partial charge < -0.3 is 0 Å². The Hall–Kier alpha value is 4.87. The van der Waals surface area contributed by atoms with Gasteiger partial charge in [-0.15, -0.1) is 0 Å². The number of hydrogen-bond donors (Lipinski definition) is 0. The molecule has 0 unspecified atom stereocenters. The molecule has 26 valence electrons. The van der Waals surface area contributed by atoms with Gasteiger partial charge in [-0.25, -0.2) is 0 Å². The summed E-state index contributed by atoms with van der Waals surface area (Å²) in [5.74, 6) is 0. The molecule has 0 aliphatic carbocycles. The van der Waals surface area contributed by atoms with Crippen molar-refractivity contribution in [2.75, 3.05) is 0 Å². The summed E-state index contributed by atoms with van der Waals surface area (Å²) in [7, 11) is 0. The van der Waals surface area contributed by atoms with Gasteiger partial charge in [0.2, 0.25) is 0 Å². The molecule has 0 saturated carbocycles. The van der Waals surface area contributed by atoms with Crippen LogP contribution in [0.2, 0.25) is 0 Å². The molecule has 0 amide bonds. The van der Waals surface area contributed by atoms with Crippen molar-refractivity contribution in [1.82, 2.24) is 0 Å². The molecule has 0 aliphatic rings. The molecule has 0 radical (unpaired) electrons. The van der Waals surface area contributed by atoms with Crippen LogP contribution in [0, 0.1) is 0 Å². The van der Waals surface area contributed by atoms with Crippen molar-refractivity contribution in [2.45, 2.75) is 0 Å². The predicted molar refractivity (Wildman–Crippen MR) is 34.2 cm³/mol. The minimum absolute atomic E-state index is 0. The van der Waals surface area contributed by atoms with Crippen molar-refractivity contribution in [3.05, 3.63) is 0 Å². The first-order chi connectivity index (χ1) is 0. The summed E-state index contributed by atoms with van der Waals surface area (Å²) >= 11 is 0. The summed E-state index contributed by atoms with van der Waals surface area (Å²) in [5.41, 5.74) is 0. The van der Waals surface area contributed by atoms with Gasteiger partial charge in [-0.1, -0.05) is 0 Å². The minimum Gasteiger partial charge on any atom is 0 e. The van der Waals surface area contributed by atoms with Crippen LogP contribution >= 0.6 is 0 Å². The summed E-state index contributed by atoms with van der Waals surface area (Å²) in [5, 5.41) is 0. The van der Waals surface area contributed by atoms with Crippen molar-refractivity contribution >= 4 is 121 Å². The van der Waals surface area contributed by atoms with Gasteiger partial charge in [0, 0.05) is 36.5 Å². The van der Waals surface area contributed by atoms with Crippen molar-refractivity contribution in [3.8, 4) is 0 Å². The van der Waals surface area contributed by atoms with Crippen LogP contribution in [-0.4, -0.2) is 121 Å². The third-order valence-electron chi connectivity index (χ3n) is 0. The average molecular weight is 244 g/mol. The maximum Gasteiger partial charge on any atom is 0.316 e. The molecule has 0 aromatic heterocycles. The first-order valence-electron chi connectivity index (χ1n) is 0. The Labute approximate surface area is 152 Å². The zero-order valence-electron chi connectivity index (χ0n) is 1.06. The van der Waals surface area contributed by atoms with Crippen LogP contribution in [0.4, 0.5) is 0 Å². The summed E-state index contributed by atoms with van der Waals surface area (Å²) in [6, 6.07) is 0. The molecule has 6 heavy (non-hydrogen) atoms. The molecule has 0 aliphatic heterocycles. The van der Waals surface area contributed by atoms with Crippen LogP contribution in [0.3, 0.4) is 0 Å². The smallest absolute Gasteiger partial charge is 0 e. The Balaban J connectivity index is 0. The van der Waals surface area contributed by atoms with Crippen LogP contribution in [0.25, 0.3) is 0 Å². The summed E-state index contributed by atoms with van der Waals surface area (Å²) in [4.78, 5) is 0. The topological polar surface area (TPSA) is 0 Å². The second kappa shape index (κ2) is 32.7. The maximum atomic E-state index is 0. The molecule has 0 rings (SSSR count). The van der Waals surface area contributed by atoms with Gasteiger partial charge >= 0.3 is 112 Å². The van der Waals surface area contributed by atoms with E-state index in [4.69, 9.17) is 0 Å². The van der Waals surface area contributed by atoms with Gasteiger partial charge in [0.1, 0.15) is 0 Å². The Bertz CT molecular complexity index is 15.5. The van der Waals surface area contributed by atoms with Crippen LogP contribution in [0.5, 0.6) is 0 Å². The molecule has 0 heterocycles. The molecule has 0 aromatic carbocycles. The molecule has 0 saturated heterocycles. The first kappa shape index (κ1) is 44.6. The van der Waals surface area contributed by atoms with Crippen molar-refractivity contribution in [1.29, 1.82) is 0 Å². The quantitative estimate of drug-likeness (QED) is 0.385. The molecule has 0 nitrogen and oxygen atoms in total. The Morgan fingerprint density at radius 2 is 1.00 bits per heavy atom. The Morgan fingerprint density at radius 3 is 1.00 bits per heavy atom. The SMILES string of the molecule is B.[CaH2].[Fe].[KH].[MgH2].[Zn]. The average Bonchev–Trinajstić information content (AvgIpc) is 0. The molecule has 0 aromatic rings. The van der Waals surface area contributed by atoms with E-state index in [9.17, 15) is 0 Å². The summed E-state index contributed by atoms with van der Waals surface area (Å²) in [6.07, 6.45) is 0. The van der Waals surface area contributed by atoms with Crippen molar-refractivity contribution in [2.24, 2.45) is 0 Å². The predicted octanol–water partition coefficient (Wildman–Crippen LogP) is -3.67. The second-order valence-corrected chi connectivity index (χ2v) is 0. The third-order valence-corrected chi connectivity index (χ3v) is 0. The Morgan fingerprint density at radius 1 is 1.00 bits per heavy atom. The molecule has 0 bridgehead atoms. The van der Waals surface area contributed by atoms with Crippen LogP contribution < -0.4 is 0 Å². The maximum absolute atomic E-state index is 0. The number of rotatable bonds is 0. The van der Waals surface area contributed by atoms with E-state index in [-0.39, 0.29) is 157 Å². The van der Waals surface area contributed by atoms with Crippen LogP contribution in [-0.2, 0) is 36.5 Å². The van der Waals surface area contributed by atoms with E-state index < -0.39 is 0 Å². The molecule has 0 spiro atoms.